The Morgan fingerprint density at radius 3 is 2.54 bits per heavy atom. The van der Waals surface area contributed by atoms with Crippen LogP contribution in [-0.4, -0.2) is 59.4 Å². The molecule has 0 N–H and O–H groups in total. The van der Waals surface area contributed by atoms with Gasteiger partial charge >= 0.3 is 0 Å². The van der Waals surface area contributed by atoms with E-state index in [0.29, 0.717) is 5.91 Å². The molecule has 6 heteroatoms. The molecular formula is C20H31ClN2OS2. The normalized spacial score (nSPS) is 20.8. The molecule has 2 heterocycles. The summed E-state index contributed by atoms with van der Waals surface area (Å²) in [4.78, 5) is 17.0. The second-order valence-corrected chi connectivity index (χ2v) is 9.82. The average molecular weight is 415 g/mol. The van der Waals surface area contributed by atoms with E-state index < -0.39 is 0 Å². The summed E-state index contributed by atoms with van der Waals surface area (Å²) in [6.45, 7) is 4.96. The number of nitrogens with zero attached hydrogens (tertiary/aromatic N) is 2. The zero-order chi connectivity index (χ0) is 17.3. The fourth-order valence-electron chi connectivity index (χ4n) is 3.52. The van der Waals surface area contributed by atoms with Crippen molar-refractivity contribution in [2.45, 2.75) is 43.8 Å². The highest BCUT2D eigenvalue weighted by molar-refractivity contribution is 8.77. The molecule has 0 radical (unpaired) electrons. The minimum absolute atomic E-state index is 0. The Bertz CT molecular complexity index is 518. The van der Waals surface area contributed by atoms with Crippen LogP contribution in [0.1, 0.15) is 37.7 Å². The minimum Gasteiger partial charge on any atom is -0.340 e. The van der Waals surface area contributed by atoms with Crippen molar-refractivity contribution in [1.82, 2.24) is 9.80 Å². The molecule has 3 rings (SSSR count). The standard InChI is InChI=1S/C20H30N2OS2.ClH/c23-20(9-5-4-8-19-11-17-24-25-19)22-15-13-21(14-16-22)12-10-18-6-2-1-3-7-18;/h1-3,6-7,19H,4-5,8-17H2;1H. The van der Waals surface area contributed by atoms with Crippen molar-refractivity contribution < 1.29 is 4.79 Å². The predicted octanol–water partition coefficient (Wildman–Crippen LogP) is 4.51. The van der Waals surface area contributed by atoms with E-state index in [2.05, 4.69) is 40.1 Å². The lowest BCUT2D eigenvalue weighted by molar-refractivity contribution is -0.133. The molecule has 0 spiro atoms. The molecule has 3 nitrogen and oxygen atoms in total. The van der Waals surface area contributed by atoms with Crippen LogP contribution in [-0.2, 0) is 11.2 Å². The number of unbranched alkanes of at least 4 members (excludes halogenated alkanes) is 1. The Hall–Kier alpha value is -0.360. The smallest absolute Gasteiger partial charge is 0.222 e. The van der Waals surface area contributed by atoms with E-state index in [0.717, 1.165) is 57.2 Å². The number of carbonyl (C=O) groups is 1. The molecule has 146 valence electrons. The van der Waals surface area contributed by atoms with Gasteiger partial charge in [-0.2, -0.15) is 0 Å². The maximum absolute atomic E-state index is 12.4. The van der Waals surface area contributed by atoms with E-state index in [-0.39, 0.29) is 12.4 Å². The molecule has 0 aromatic heterocycles. The number of halogens is 1. The topological polar surface area (TPSA) is 23.6 Å². The average Bonchev–Trinajstić information content (AvgIpc) is 3.18. The summed E-state index contributed by atoms with van der Waals surface area (Å²) in [7, 11) is 4.06. The number of benzene rings is 1. The van der Waals surface area contributed by atoms with Gasteiger partial charge in [0.05, 0.1) is 0 Å². The lowest BCUT2D eigenvalue weighted by atomic mass is 10.1. The maximum Gasteiger partial charge on any atom is 0.222 e. The first-order valence-corrected chi connectivity index (χ1v) is 12.0. The summed E-state index contributed by atoms with van der Waals surface area (Å²) in [5.74, 6) is 1.68. The van der Waals surface area contributed by atoms with Gasteiger partial charge in [-0.15, -0.1) is 12.4 Å². The maximum atomic E-state index is 12.4. The fourth-order valence-corrected chi connectivity index (χ4v) is 6.55. The summed E-state index contributed by atoms with van der Waals surface area (Å²) < 4.78 is 0. The van der Waals surface area contributed by atoms with E-state index in [9.17, 15) is 4.79 Å². The first-order valence-electron chi connectivity index (χ1n) is 9.63. The molecule has 0 saturated carbocycles. The van der Waals surface area contributed by atoms with Crippen molar-refractivity contribution >= 4 is 39.9 Å². The number of piperazine rings is 1. The van der Waals surface area contributed by atoms with Gasteiger partial charge < -0.3 is 4.90 Å². The van der Waals surface area contributed by atoms with Crippen LogP contribution >= 0.6 is 34.0 Å². The molecule has 1 amide bonds. The number of carbonyl (C=O) groups excluding carboxylic acids is 1. The van der Waals surface area contributed by atoms with Gasteiger partial charge in [-0.25, -0.2) is 0 Å². The van der Waals surface area contributed by atoms with Gasteiger partial charge in [0.2, 0.25) is 5.91 Å². The van der Waals surface area contributed by atoms with Crippen molar-refractivity contribution in [3.8, 4) is 0 Å². The van der Waals surface area contributed by atoms with Gasteiger partial charge in [-0.05, 0) is 31.2 Å². The largest absolute Gasteiger partial charge is 0.340 e. The molecule has 1 unspecified atom stereocenters. The Morgan fingerprint density at radius 2 is 1.85 bits per heavy atom. The number of amides is 1. The monoisotopic (exact) mass is 414 g/mol. The summed E-state index contributed by atoms with van der Waals surface area (Å²) in [6, 6.07) is 10.7. The van der Waals surface area contributed by atoms with Crippen molar-refractivity contribution in [2.75, 3.05) is 38.5 Å². The SMILES string of the molecule is Cl.O=C(CCCCC1CCSS1)N1CCN(CCc2ccccc2)CC1. The van der Waals surface area contributed by atoms with Gasteiger partial charge in [0.25, 0.3) is 0 Å². The van der Waals surface area contributed by atoms with E-state index >= 15 is 0 Å². The number of hydrogen-bond donors (Lipinski definition) is 0. The molecule has 26 heavy (non-hydrogen) atoms. The van der Waals surface area contributed by atoms with E-state index in [1.807, 2.05) is 21.6 Å². The predicted molar refractivity (Wildman–Crippen MR) is 117 cm³/mol. The van der Waals surface area contributed by atoms with Gasteiger partial charge in [-0.1, -0.05) is 58.3 Å². The summed E-state index contributed by atoms with van der Waals surface area (Å²) in [6.07, 6.45) is 6.77. The first-order chi connectivity index (χ1) is 12.3. The summed E-state index contributed by atoms with van der Waals surface area (Å²) in [5.41, 5.74) is 1.40. The second-order valence-electron chi connectivity index (χ2n) is 7.03. The Balaban J connectivity index is 0.00000243. The van der Waals surface area contributed by atoms with Crippen LogP contribution in [0.15, 0.2) is 30.3 Å². The zero-order valence-electron chi connectivity index (χ0n) is 15.5. The highest BCUT2D eigenvalue weighted by Gasteiger charge is 2.21. The van der Waals surface area contributed by atoms with Crippen LogP contribution in [0, 0.1) is 0 Å². The van der Waals surface area contributed by atoms with Gasteiger partial charge in [0.15, 0.2) is 0 Å². The van der Waals surface area contributed by atoms with Gasteiger partial charge in [-0.3, -0.25) is 9.69 Å². The Kier molecular flexibility index (Phi) is 10.3. The van der Waals surface area contributed by atoms with Crippen molar-refractivity contribution in [3.05, 3.63) is 35.9 Å². The van der Waals surface area contributed by atoms with Crippen molar-refractivity contribution in [1.29, 1.82) is 0 Å². The molecule has 1 atom stereocenters. The van der Waals surface area contributed by atoms with Crippen LogP contribution in [0.5, 0.6) is 0 Å². The van der Waals surface area contributed by atoms with Crippen molar-refractivity contribution in [2.24, 2.45) is 0 Å². The van der Waals surface area contributed by atoms with Crippen molar-refractivity contribution in [3.63, 3.8) is 0 Å². The van der Waals surface area contributed by atoms with Crippen LogP contribution in [0.2, 0.25) is 0 Å². The fraction of sp³-hybridized carbons (Fsp3) is 0.650. The Labute approximate surface area is 172 Å². The first kappa shape index (κ1) is 21.9. The van der Waals surface area contributed by atoms with Gasteiger partial charge in [0, 0.05) is 50.1 Å². The molecule has 2 aliphatic heterocycles. The Morgan fingerprint density at radius 1 is 1.08 bits per heavy atom. The lowest BCUT2D eigenvalue weighted by Gasteiger charge is -2.34. The molecule has 2 saturated heterocycles. The van der Waals surface area contributed by atoms with Crippen LogP contribution in [0.25, 0.3) is 0 Å². The summed E-state index contributed by atoms with van der Waals surface area (Å²) in [5, 5.41) is 0.841. The highest BCUT2D eigenvalue weighted by Crippen LogP contribution is 2.39. The third-order valence-electron chi connectivity index (χ3n) is 5.18. The van der Waals surface area contributed by atoms with E-state index in [1.54, 1.807) is 0 Å². The molecule has 1 aromatic rings. The molecule has 2 fully saturated rings. The quantitative estimate of drug-likeness (QED) is 0.461. The molecule has 2 aliphatic rings. The minimum atomic E-state index is 0. The van der Waals surface area contributed by atoms with E-state index in [1.165, 1.54) is 30.6 Å². The zero-order valence-corrected chi connectivity index (χ0v) is 17.9. The molecule has 1 aromatic carbocycles. The summed E-state index contributed by atoms with van der Waals surface area (Å²) >= 11 is 0. The highest BCUT2D eigenvalue weighted by atomic mass is 35.5. The molecule has 0 bridgehead atoms. The van der Waals surface area contributed by atoms with Crippen LogP contribution in [0.4, 0.5) is 0 Å². The third kappa shape index (κ3) is 7.34. The van der Waals surface area contributed by atoms with E-state index in [4.69, 9.17) is 0 Å². The van der Waals surface area contributed by atoms with Crippen LogP contribution < -0.4 is 0 Å². The third-order valence-corrected chi connectivity index (χ3v) is 8.19. The van der Waals surface area contributed by atoms with Crippen LogP contribution in [0.3, 0.4) is 0 Å². The number of rotatable bonds is 8. The second kappa shape index (κ2) is 12.2. The van der Waals surface area contributed by atoms with Gasteiger partial charge in [0.1, 0.15) is 0 Å². The lowest BCUT2D eigenvalue weighted by Crippen LogP contribution is -2.49. The molecule has 0 aliphatic carbocycles. The molecular weight excluding hydrogens is 384 g/mol. The number of hydrogen-bond acceptors (Lipinski definition) is 4.